The molecule has 1 saturated heterocycles. The Morgan fingerprint density at radius 2 is 2.00 bits per heavy atom. The van der Waals surface area contributed by atoms with Gasteiger partial charge in [-0.2, -0.15) is 0 Å². The Balaban J connectivity index is 1.74. The molecule has 0 amide bonds. The highest BCUT2D eigenvalue weighted by atomic mass is 16.5. The molecule has 5 rings (SSSR count). The third kappa shape index (κ3) is 3.80. The number of nitrogens with two attached hydrogens (primary N) is 2. The highest BCUT2D eigenvalue weighted by Crippen LogP contribution is 2.34. The summed E-state index contributed by atoms with van der Waals surface area (Å²) in [6.07, 6.45) is 3.88. The smallest absolute Gasteiger partial charge is 0.143 e. The number of aromatic nitrogens is 4. The Hall–Kier alpha value is -3.43. The maximum absolute atomic E-state index is 6.16. The van der Waals surface area contributed by atoms with Gasteiger partial charge in [-0.05, 0) is 57.7 Å². The van der Waals surface area contributed by atoms with Crippen LogP contribution in [0.1, 0.15) is 36.8 Å². The fraction of sp³-hybridized carbons (Fsp3) is 0.400. The molecule has 0 bridgehead atoms. The van der Waals surface area contributed by atoms with Crippen LogP contribution in [0.2, 0.25) is 0 Å². The number of hydrazine groups is 1. The Bertz CT molecular complexity index is 1370. The van der Waals surface area contributed by atoms with Gasteiger partial charge in [-0.25, -0.2) is 10.8 Å². The van der Waals surface area contributed by atoms with Crippen LogP contribution in [-0.2, 0) is 11.3 Å². The van der Waals surface area contributed by atoms with Gasteiger partial charge in [-0.3, -0.25) is 4.98 Å². The normalized spacial score (nSPS) is 15.8. The van der Waals surface area contributed by atoms with Crippen molar-refractivity contribution < 1.29 is 9.26 Å². The molecular formula is C25H31N7O2. The van der Waals surface area contributed by atoms with E-state index in [1.165, 1.54) is 5.01 Å². The zero-order valence-corrected chi connectivity index (χ0v) is 20.1. The molecule has 0 unspecified atom stereocenters. The van der Waals surface area contributed by atoms with Crippen molar-refractivity contribution in [2.45, 2.75) is 40.2 Å². The van der Waals surface area contributed by atoms with Crippen molar-refractivity contribution in [3.63, 3.8) is 0 Å². The molecule has 0 spiro atoms. The number of rotatable bonds is 5. The third-order valence-corrected chi connectivity index (χ3v) is 6.62. The molecule has 0 saturated carbocycles. The SMILES string of the molecule is C/C(N)=C(\c1cnc2c3ccc(-c4c(C)noc4C)nc3n(CC3CCOCC3)c2c1)N(C)N. The van der Waals surface area contributed by atoms with Gasteiger partial charge in [0.15, 0.2) is 0 Å². The summed E-state index contributed by atoms with van der Waals surface area (Å²) in [5, 5.41) is 6.67. The van der Waals surface area contributed by atoms with Gasteiger partial charge in [0.25, 0.3) is 0 Å². The molecular weight excluding hydrogens is 430 g/mol. The lowest BCUT2D eigenvalue weighted by atomic mass is 10.0. The molecule has 4 N–H and O–H groups in total. The first-order valence-electron chi connectivity index (χ1n) is 11.6. The minimum atomic E-state index is 0.504. The van der Waals surface area contributed by atoms with Crippen LogP contribution in [-0.4, -0.2) is 45.0 Å². The molecule has 4 aromatic heterocycles. The van der Waals surface area contributed by atoms with Crippen LogP contribution in [0.5, 0.6) is 0 Å². The number of pyridine rings is 2. The first-order valence-corrected chi connectivity index (χ1v) is 11.6. The van der Waals surface area contributed by atoms with Crippen LogP contribution in [0, 0.1) is 19.8 Å². The predicted octanol–water partition coefficient (Wildman–Crippen LogP) is 3.74. The summed E-state index contributed by atoms with van der Waals surface area (Å²) in [7, 11) is 1.78. The molecule has 0 aromatic carbocycles. The minimum Gasteiger partial charge on any atom is -0.401 e. The molecule has 9 nitrogen and oxygen atoms in total. The number of aryl methyl sites for hydroxylation is 2. The molecule has 1 aliphatic rings. The van der Waals surface area contributed by atoms with Crippen molar-refractivity contribution in [1.82, 2.24) is 24.7 Å². The van der Waals surface area contributed by atoms with Crippen LogP contribution in [0.3, 0.4) is 0 Å². The molecule has 0 aliphatic carbocycles. The van der Waals surface area contributed by atoms with Gasteiger partial charge < -0.3 is 24.6 Å². The number of nitrogens with zero attached hydrogens (tertiary/aromatic N) is 5. The van der Waals surface area contributed by atoms with E-state index in [0.717, 1.165) is 88.6 Å². The number of hydrogen-bond acceptors (Lipinski definition) is 8. The van der Waals surface area contributed by atoms with Crippen LogP contribution < -0.4 is 11.6 Å². The summed E-state index contributed by atoms with van der Waals surface area (Å²) in [5.41, 5.74) is 13.9. The Kier molecular flexibility index (Phi) is 5.75. The zero-order chi connectivity index (χ0) is 24.0. The topological polar surface area (TPSA) is 121 Å². The minimum absolute atomic E-state index is 0.504. The van der Waals surface area contributed by atoms with Crippen LogP contribution in [0.25, 0.3) is 39.0 Å². The lowest BCUT2D eigenvalue weighted by molar-refractivity contribution is 0.0619. The maximum atomic E-state index is 6.16. The summed E-state index contributed by atoms with van der Waals surface area (Å²) in [6.45, 7) is 8.12. The van der Waals surface area contributed by atoms with Crippen molar-refractivity contribution in [3.8, 4) is 11.3 Å². The Labute approximate surface area is 198 Å². The fourth-order valence-corrected chi connectivity index (χ4v) is 5.02. The molecule has 5 heterocycles. The van der Waals surface area contributed by atoms with E-state index in [9.17, 15) is 0 Å². The summed E-state index contributed by atoms with van der Waals surface area (Å²) < 4.78 is 13.3. The molecule has 1 fully saturated rings. The van der Waals surface area contributed by atoms with Gasteiger partial charge >= 0.3 is 0 Å². The standard InChI is InChI=1S/C25H31N7O2/c1-14(26)24(31(4)27)18-11-21-23(28-12-18)19-5-6-20(22-15(2)30-34-16(22)3)29-25(19)32(21)13-17-7-9-33-10-8-17/h5-6,11-12,17H,7-10,13,26-27H2,1-4H3/b24-14-. The molecule has 0 atom stereocenters. The number of hydrogen-bond donors (Lipinski definition) is 2. The van der Waals surface area contributed by atoms with Crippen LogP contribution in [0.15, 0.2) is 34.6 Å². The molecule has 0 radical (unpaired) electrons. The van der Waals surface area contributed by atoms with E-state index < -0.39 is 0 Å². The Morgan fingerprint density at radius 3 is 2.65 bits per heavy atom. The van der Waals surface area contributed by atoms with Crippen molar-refractivity contribution in [2.24, 2.45) is 17.5 Å². The van der Waals surface area contributed by atoms with E-state index in [1.54, 1.807) is 7.05 Å². The van der Waals surface area contributed by atoms with Crippen molar-refractivity contribution in [1.29, 1.82) is 0 Å². The average molecular weight is 462 g/mol. The van der Waals surface area contributed by atoms with E-state index in [4.69, 9.17) is 30.8 Å². The maximum Gasteiger partial charge on any atom is 0.143 e. The lowest BCUT2D eigenvalue weighted by Gasteiger charge is -2.23. The molecule has 9 heteroatoms. The van der Waals surface area contributed by atoms with Gasteiger partial charge in [0.05, 0.1) is 33.7 Å². The van der Waals surface area contributed by atoms with Gasteiger partial charge in [-0.1, -0.05) is 5.16 Å². The average Bonchev–Trinajstić information content (AvgIpc) is 3.30. The summed E-state index contributed by atoms with van der Waals surface area (Å²) >= 11 is 0. The van der Waals surface area contributed by atoms with Crippen LogP contribution >= 0.6 is 0 Å². The quantitative estimate of drug-likeness (QED) is 0.341. The first-order chi connectivity index (χ1) is 16.3. The highest BCUT2D eigenvalue weighted by Gasteiger charge is 2.22. The largest absolute Gasteiger partial charge is 0.401 e. The predicted molar refractivity (Wildman–Crippen MR) is 132 cm³/mol. The molecule has 178 valence electrons. The van der Waals surface area contributed by atoms with E-state index in [1.807, 2.05) is 33.0 Å². The van der Waals surface area contributed by atoms with Crippen LogP contribution in [0.4, 0.5) is 0 Å². The zero-order valence-electron chi connectivity index (χ0n) is 20.1. The van der Waals surface area contributed by atoms with Crippen molar-refractivity contribution in [3.05, 3.63) is 47.1 Å². The number of fused-ring (bicyclic) bond motifs is 3. The third-order valence-electron chi connectivity index (χ3n) is 6.62. The summed E-state index contributed by atoms with van der Waals surface area (Å²) in [5.74, 6) is 7.36. The monoisotopic (exact) mass is 461 g/mol. The Morgan fingerprint density at radius 1 is 1.24 bits per heavy atom. The fourth-order valence-electron chi connectivity index (χ4n) is 5.02. The van der Waals surface area contributed by atoms with Gasteiger partial charge in [0.1, 0.15) is 11.4 Å². The first kappa shape index (κ1) is 22.4. The molecule has 1 aliphatic heterocycles. The second-order valence-electron chi connectivity index (χ2n) is 9.17. The molecule has 34 heavy (non-hydrogen) atoms. The van der Waals surface area contributed by atoms with Crippen molar-refractivity contribution in [2.75, 3.05) is 20.3 Å². The lowest BCUT2D eigenvalue weighted by Crippen LogP contribution is -2.26. The van der Waals surface area contributed by atoms with E-state index in [0.29, 0.717) is 11.6 Å². The molecule has 4 aromatic rings. The van der Waals surface area contributed by atoms with Crippen molar-refractivity contribution >= 4 is 27.8 Å². The van der Waals surface area contributed by atoms with E-state index in [-0.39, 0.29) is 0 Å². The number of ether oxygens (including phenoxy) is 1. The van der Waals surface area contributed by atoms with E-state index >= 15 is 0 Å². The van der Waals surface area contributed by atoms with E-state index in [2.05, 4.69) is 21.9 Å². The van der Waals surface area contributed by atoms with Gasteiger partial charge in [0.2, 0.25) is 0 Å². The highest BCUT2D eigenvalue weighted by molar-refractivity contribution is 6.05. The second-order valence-corrected chi connectivity index (χ2v) is 9.17. The summed E-state index contributed by atoms with van der Waals surface area (Å²) in [6, 6.07) is 6.23. The summed E-state index contributed by atoms with van der Waals surface area (Å²) in [4.78, 5) is 9.95. The second kappa shape index (κ2) is 8.73. The van der Waals surface area contributed by atoms with Gasteiger partial charge in [0, 0.05) is 49.6 Å². The number of allylic oxidation sites excluding steroid dienone is 1. The van der Waals surface area contributed by atoms with Gasteiger partial charge in [-0.15, -0.1) is 0 Å².